The average Bonchev–Trinajstić information content (AvgIpc) is 3.36. The first-order valence-electron chi connectivity index (χ1n) is 22.7. The molecule has 5 fully saturated rings. The van der Waals surface area contributed by atoms with E-state index in [4.69, 9.17) is 47.4 Å². The maximum atomic E-state index is 12.4. The molecule has 0 aliphatic carbocycles. The fourth-order valence-electron chi connectivity index (χ4n) is 8.64. The Hall–Kier alpha value is -1.82. The van der Waals surface area contributed by atoms with Crippen molar-refractivity contribution in [2.75, 3.05) is 46.2 Å². The second-order valence-electron chi connectivity index (χ2n) is 17.8. The normalized spacial score (nSPS) is 45.1. The number of ether oxygens (including phenoxy) is 10. The van der Waals surface area contributed by atoms with E-state index in [1.54, 1.807) is 0 Å². The molecule has 36 heteroatoms. The molecular formula is C38H67NO34S. The minimum Gasteiger partial charge on any atom is -0.394 e. The van der Waals surface area contributed by atoms with Crippen LogP contribution in [-0.2, 0) is 66.7 Å². The van der Waals surface area contributed by atoms with Crippen molar-refractivity contribution in [2.45, 2.75) is 185 Å². The monoisotopic (exact) mass is 1110 g/mol. The number of amides is 1. The van der Waals surface area contributed by atoms with Gasteiger partial charge < -0.3 is 150 Å². The molecule has 0 aromatic rings. The van der Waals surface area contributed by atoms with Gasteiger partial charge in [0.2, 0.25) is 5.91 Å². The van der Waals surface area contributed by atoms with Gasteiger partial charge in [-0.15, -0.1) is 0 Å². The average molecular weight is 1110 g/mol. The van der Waals surface area contributed by atoms with Gasteiger partial charge in [-0.05, 0) is 0 Å². The zero-order chi connectivity index (χ0) is 55.3. The first kappa shape index (κ1) is 63.0. The highest BCUT2D eigenvalue weighted by atomic mass is 32.3. The molecule has 5 saturated heterocycles. The SMILES string of the molecule is CC(=O)N[C@H]1[C@H](OC[C@H]2O[C@@H](O[C@@H]([C@H](O)[C@@H](O)CO)[C@H](O)CO)[C@H](O)[C@@H](O[C@@H]3O[C@H](CO)[C@H](O)[C@H](O[C@@H]4O[C@H](CO)[C@H](O)[C@H](OS(=O)(=O)O)[C@H]4O)[C@H]3O)[C@H]2O)O[C@H](CO)[C@@H](O[C@@H]2O[C@H](CO)[C@H](O)[C@H](O)[C@H]2O)[C@@H]1O. The molecule has 0 saturated carbocycles. The number of rotatable bonds is 23. The van der Waals surface area contributed by atoms with E-state index >= 15 is 0 Å². The lowest BCUT2D eigenvalue weighted by Gasteiger charge is -2.49. The Bertz CT molecular complexity index is 1830. The van der Waals surface area contributed by atoms with Crippen molar-refractivity contribution < 1.29 is 166 Å². The molecule has 0 unspecified atom stereocenters. The van der Waals surface area contributed by atoms with E-state index in [9.17, 15) is 115 Å². The molecule has 434 valence electrons. The number of aliphatic hydroxyl groups is 19. The van der Waals surface area contributed by atoms with Gasteiger partial charge in [0.25, 0.3) is 0 Å². The van der Waals surface area contributed by atoms with E-state index in [-0.39, 0.29) is 0 Å². The van der Waals surface area contributed by atoms with E-state index in [0.717, 1.165) is 6.92 Å². The van der Waals surface area contributed by atoms with Gasteiger partial charge in [-0.1, -0.05) is 0 Å². The summed E-state index contributed by atoms with van der Waals surface area (Å²) in [6.45, 7) is -6.53. The van der Waals surface area contributed by atoms with E-state index in [2.05, 4.69) is 9.50 Å². The van der Waals surface area contributed by atoms with Gasteiger partial charge in [-0.25, -0.2) is 4.18 Å². The number of hydrogen-bond donors (Lipinski definition) is 21. The highest BCUT2D eigenvalue weighted by Crippen LogP contribution is 2.36. The summed E-state index contributed by atoms with van der Waals surface area (Å²) < 4.78 is 92.8. The van der Waals surface area contributed by atoms with Crippen molar-refractivity contribution >= 4 is 16.3 Å². The zero-order valence-electron chi connectivity index (χ0n) is 38.8. The Morgan fingerprint density at radius 3 is 1.41 bits per heavy atom. The summed E-state index contributed by atoms with van der Waals surface area (Å²) in [7, 11) is -5.43. The number of aliphatic hydroxyl groups excluding tert-OH is 19. The van der Waals surface area contributed by atoms with E-state index in [0.29, 0.717) is 0 Å². The third kappa shape index (κ3) is 14.5. The van der Waals surface area contributed by atoms with Crippen LogP contribution in [0.25, 0.3) is 0 Å². The van der Waals surface area contributed by atoms with Gasteiger partial charge in [0.15, 0.2) is 31.5 Å². The van der Waals surface area contributed by atoms with Crippen molar-refractivity contribution in [1.82, 2.24) is 5.32 Å². The number of carbonyl (C=O) groups excluding carboxylic acids is 1. The van der Waals surface area contributed by atoms with Crippen LogP contribution in [0.1, 0.15) is 6.92 Å². The van der Waals surface area contributed by atoms with Crippen molar-refractivity contribution in [3.63, 3.8) is 0 Å². The van der Waals surface area contributed by atoms with E-state index in [1.165, 1.54) is 0 Å². The Kier molecular flexibility index (Phi) is 23.3. The predicted molar refractivity (Wildman–Crippen MR) is 223 cm³/mol. The summed E-state index contributed by atoms with van der Waals surface area (Å²) >= 11 is 0. The van der Waals surface area contributed by atoms with Crippen molar-refractivity contribution in [3.05, 3.63) is 0 Å². The Labute approximate surface area is 418 Å². The molecule has 74 heavy (non-hydrogen) atoms. The molecule has 21 N–H and O–H groups in total. The first-order valence-corrected chi connectivity index (χ1v) is 24.1. The molecule has 29 atom stereocenters. The van der Waals surface area contributed by atoms with Crippen molar-refractivity contribution in [1.29, 1.82) is 0 Å². The smallest absolute Gasteiger partial charge is 0.394 e. The summed E-state index contributed by atoms with van der Waals surface area (Å²) in [4.78, 5) is 12.4. The van der Waals surface area contributed by atoms with Gasteiger partial charge in [0.1, 0.15) is 146 Å². The topological polar surface area (TPSA) is 569 Å². The highest BCUT2D eigenvalue weighted by molar-refractivity contribution is 7.80. The van der Waals surface area contributed by atoms with Crippen molar-refractivity contribution in [3.8, 4) is 0 Å². The second-order valence-corrected chi connectivity index (χ2v) is 18.8. The molecule has 35 nitrogen and oxygen atoms in total. The summed E-state index contributed by atoms with van der Waals surface area (Å²) in [6, 6.07) is -1.73. The number of nitrogens with one attached hydrogen (secondary N) is 1. The van der Waals surface area contributed by atoms with Gasteiger partial charge in [0, 0.05) is 6.92 Å². The van der Waals surface area contributed by atoms with Crippen LogP contribution in [0.15, 0.2) is 0 Å². The fraction of sp³-hybridized carbons (Fsp3) is 0.974. The number of carbonyl (C=O) groups is 1. The fourth-order valence-corrected chi connectivity index (χ4v) is 9.15. The lowest BCUT2D eigenvalue weighted by molar-refractivity contribution is -0.387. The van der Waals surface area contributed by atoms with Crippen LogP contribution in [0.3, 0.4) is 0 Å². The molecule has 1 amide bonds. The van der Waals surface area contributed by atoms with Crippen LogP contribution in [0, 0.1) is 0 Å². The van der Waals surface area contributed by atoms with Gasteiger partial charge >= 0.3 is 10.4 Å². The van der Waals surface area contributed by atoms with Crippen LogP contribution in [0.2, 0.25) is 0 Å². The van der Waals surface area contributed by atoms with Gasteiger partial charge in [-0.2, -0.15) is 8.42 Å². The van der Waals surface area contributed by atoms with Crippen LogP contribution in [0.4, 0.5) is 0 Å². The van der Waals surface area contributed by atoms with E-state index < -0.39 is 240 Å². The summed E-state index contributed by atoms with van der Waals surface area (Å²) in [5, 5.41) is 203. The molecular weight excluding hydrogens is 1050 g/mol. The number of hydrogen-bond acceptors (Lipinski definition) is 33. The van der Waals surface area contributed by atoms with Gasteiger partial charge in [0.05, 0.1) is 46.2 Å². The summed E-state index contributed by atoms with van der Waals surface area (Å²) in [6.07, 6.45) is -58.2. The standard InChI is InChI=1S/C38H67NO34S/c1-9(46)39-17-23(54)30(70-35-25(56)24(55)19(50)12(4-42)64-35)15(7-45)67-34(17)63-8-16-22(53)32(27(58)37(68-16)69-29(11(48)3-41)18(49)10(47)2-40)72-36-26(57)31(20(51)13(5-43)65-36)71-38-28(59)33(73-74(60,61)62)21(52)14(6-44)66-38/h10-38,40-45,47-59H,2-8H2,1H3,(H,39,46)(H,60,61,62)/t10-,11+,12+,13+,14+,15+,16+,17+,18+,19-,20-,21-,22-,23+,24-,25+,26+,27+,28+,29+,30+,31-,32-,33-,34+,35-,36-,37-,38-/m0/s1. The molecule has 5 aliphatic heterocycles. The summed E-state index contributed by atoms with van der Waals surface area (Å²) in [5.41, 5.74) is 0. The lowest BCUT2D eigenvalue weighted by atomic mass is 9.95. The molecule has 0 aromatic carbocycles. The minimum absolute atomic E-state index is 0.849. The zero-order valence-corrected chi connectivity index (χ0v) is 39.6. The molecule has 0 radical (unpaired) electrons. The molecule has 0 aromatic heterocycles. The quantitative estimate of drug-likeness (QED) is 0.0423. The predicted octanol–water partition coefficient (Wildman–Crippen LogP) is -14.5. The minimum atomic E-state index is -5.43. The highest BCUT2D eigenvalue weighted by Gasteiger charge is 2.57. The Morgan fingerprint density at radius 1 is 0.500 bits per heavy atom. The third-order valence-corrected chi connectivity index (χ3v) is 13.1. The molecule has 5 rings (SSSR count). The molecule has 5 heterocycles. The van der Waals surface area contributed by atoms with E-state index in [1.807, 2.05) is 0 Å². The Morgan fingerprint density at radius 2 is 0.919 bits per heavy atom. The maximum absolute atomic E-state index is 12.4. The van der Waals surface area contributed by atoms with Crippen LogP contribution >= 0.6 is 0 Å². The maximum Gasteiger partial charge on any atom is 0.397 e. The molecule has 5 aliphatic rings. The van der Waals surface area contributed by atoms with Crippen LogP contribution < -0.4 is 5.32 Å². The van der Waals surface area contributed by atoms with Gasteiger partial charge in [-0.3, -0.25) is 9.35 Å². The van der Waals surface area contributed by atoms with Crippen LogP contribution in [0.5, 0.6) is 0 Å². The second kappa shape index (κ2) is 27.4. The molecule has 0 bridgehead atoms. The first-order chi connectivity index (χ1) is 34.8. The molecule has 0 spiro atoms. The van der Waals surface area contributed by atoms with Crippen LogP contribution in [-0.4, -0.2) is 340 Å². The Balaban J connectivity index is 1.44. The lowest BCUT2D eigenvalue weighted by Crippen LogP contribution is -2.68. The van der Waals surface area contributed by atoms with Crippen molar-refractivity contribution in [2.24, 2.45) is 0 Å². The summed E-state index contributed by atoms with van der Waals surface area (Å²) in [5.74, 6) is -0.849. The third-order valence-electron chi connectivity index (χ3n) is 12.7. The largest absolute Gasteiger partial charge is 0.397 e.